The van der Waals surface area contributed by atoms with Crippen LogP contribution in [0.1, 0.15) is 15.9 Å². The second-order valence-corrected chi connectivity index (χ2v) is 7.88. The van der Waals surface area contributed by atoms with Gasteiger partial charge in [-0.2, -0.15) is 13.2 Å². The van der Waals surface area contributed by atoms with Crippen molar-refractivity contribution in [3.63, 3.8) is 0 Å². The number of para-hydroxylation sites is 1. The molecule has 0 N–H and O–H groups in total. The zero-order chi connectivity index (χ0) is 23.2. The molecule has 1 amide bonds. The molecule has 5 rings (SSSR count). The Morgan fingerprint density at radius 3 is 2.42 bits per heavy atom. The monoisotopic (exact) mass is 452 g/mol. The summed E-state index contributed by atoms with van der Waals surface area (Å²) < 4.78 is 40.5. The Hall–Kier alpha value is -3.88. The Kier molecular flexibility index (Phi) is 5.03. The van der Waals surface area contributed by atoms with Gasteiger partial charge in [-0.3, -0.25) is 14.0 Å². The first-order valence-electron chi connectivity index (χ1n) is 10.4. The number of carbonyl (C=O) groups is 1. The minimum atomic E-state index is -4.41. The minimum Gasteiger partial charge on any atom is -0.368 e. The molecular weight excluding hydrogens is 433 g/mol. The average molecular weight is 452 g/mol. The molecule has 168 valence electrons. The number of hydrogen-bond donors (Lipinski definition) is 0. The van der Waals surface area contributed by atoms with E-state index in [2.05, 4.69) is 4.98 Å². The van der Waals surface area contributed by atoms with Crippen LogP contribution >= 0.6 is 0 Å². The van der Waals surface area contributed by atoms with Crippen LogP contribution in [-0.2, 0) is 6.18 Å². The summed E-state index contributed by atoms with van der Waals surface area (Å²) in [5.41, 5.74) is 0.635. The van der Waals surface area contributed by atoms with Crippen molar-refractivity contribution >= 4 is 28.1 Å². The summed E-state index contributed by atoms with van der Waals surface area (Å²) in [6, 6.07) is 15.4. The largest absolute Gasteiger partial charge is 0.416 e. The van der Waals surface area contributed by atoms with Crippen LogP contribution < -0.4 is 10.5 Å². The third-order valence-corrected chi connectivity index (χ3v) is 5.88. The van der Waals surface area contributed by atoms with E-state index in [-0.39, 0.29) is 17.1 Å². The smallest absolute Gasteiger partial charge is 0.368 e. The number of piperazine rings is 1. The summed E-state index contributed by atoms with van der Waals surface area (Å²) >= 11 is 0. The predicted octanol–water partition coefficient (Wildman–Crippen LogP) is 3.83. The van der Waals surface area contributed by atoms with Gasteiger partial charge in [0.15, 0.2) is 5.65 Å². The van der Waals surface area contributed by atoms with E-state index < -0.39 is 11.7 Å². The number of nitrogens with zero attached hydrogens (tertiary/aromatic N) is 4. The van der Waals surface area contributed by atoms with Crippen molar-refractivity contribution in [3.05, 3.63) is 88.3 Å². The molecular formula is C24H19F3N4O2. The Morgan fingerprint density at radius 1 is 0.909 bits per heavy atom. The number of pyridine rings is 1. The molecule has 4 aromatic rings. The fraction of sp³-hybridized carbons (Fsp3) is 0.208. The Balaban J connectivity index is 1.40. The zero-order valence-electron chi connectivity index (χ0n) is 17.4. The lowest BCUT2D eigenvalue weighted by molar-refractivity contribution is -0.137. The number of anilines is 1. The highest BCUT2D eigenvalue weighted by molar-refractivity contribution is 6.00. The maximum atomic E-state index is 13.3. The maximum Gasteiger partial charge on any atom is 0.416 e. The highest BCUT2D eigenvalue weighted by atomic mass is 19.4. The molecule has 1 fully saturated rings. The number of carbonyl (C=O) groups excluding carboxylic acids is 1. The highest BCUT2D eigenvalue weighted by Crippen LogP contribution is 2.32. The van der Waals surface area contributed by atoms with Crippen molar-refractivity contribution in [3.8, 4) is 0 Å². The molecule has 0 unspecified atom stereocenters. The lowest BCUT2D eigenvalue weighted by Crippen LogP contribution is -2.49. The molecule has 2 aromatic carbocycles. The molecule has 0 saturated carbocycles. The van der Waals surface area contributed by atoms with Gasteiger partial charge in [0.25, 0.3) is 11.5 Å². The first-order chi connectivity index (χ1) is 15.8. The van der Waals surface area contributed by atoms with Gasteiger partial charge in [-0.25, -0.2) is 4.98 Å². The number of alkyl halides is 3. The van der Waals surface area contributed by atoms with Crippen LogP contribution in [0.2, 0.25) is 0 Å². The molecule has 1 aliphatic heterocycles. The molecule has 0 radical (unpaired) electrons. The third kappa shape index (κ3) is 3.79. The van der Waals surface area contributed by atoms with Gasteiger partial charge in [0.05, 0.1) is 22.0 Å². The highest BCUT2D eigenvalue weighted by Gasteiger charge is 2.31. The van der Waals surface area contributed by atoms with Crippen LogP contribution in [0.15, 0.2) is 71.7 Å². The second kappa shape index (κ2) is 7.91. The number of aromatic nitrogens is 2. The van der Waals surface area contributed by atoms with Crippen molar-refractivity contribution in [1.29, 1.82) is 0 Å². The first-order valence-corrected chi connectivity index (χ1v) is 10.4. The number of rotatable bonds is 2. The van der Waals surface area contributed by atoms with Crippen LogP contribution in [-0.4, -0.2) is 46.4 Å². The first kappa shape index (κ1) is 21.0. The third-order valence-electron chi connectivity index (χ3n) is 5.88. The van der Waals surface area contributed by atoms with Gasteiger partial charge in [0.1, 0.15) is 0 Å². The van der Waals surface area contributed by atoms with E-state index in [0.29, 0.717) is 48.3 Å². The Morgan fingerprint density at radius 2 is 1.67 bits per heavy atom. The van der Waals surface area contributed by atoms with Gasteiger partial charge >= 0.3 is 6.18 Å². The molecule has 0 bridgehead atoms. The fourth-order valence-corrected chi connectivity index (χ4v) is 4.16. The summed E-state index contributed by atoms with van der Waals surface area (Å²) in [5.74, 6) is -0.265. The van der Waals surface area contributed by atoms with Gasteiger partial charge in [-0.1, -0.05) is 18.2 Å². The van der Waals surface area contributed by atoms with Crippen LogP contribution in [0.4, 0.5) is 18.9 Å². The molecule has 6 nitrogen and oxygen atoms in total. The van der Waals surface area contributed by atoms with E-state index in [0.717, 1.165) is 12.1 Å². The van der Waals surface area contributed by atoms with Crippen molar-refractivity contribution in [2.75, 3.05) is 31.1 Å². The number of halogens is 3. The number of hydrogen-bond acceptors (Lipinski definition) is 4. The van der Waals surface area contributed by atoms with Gasteiger partial charge in [-0.05, 0) is 42.5 Å². The van der Waals surface area contributed by atoms with E-state index >= 15 is 0 Å². The number of amides is 1. The topological polar surface area (TPSA) is 57.9 Å². The summed E-state index contributed by atoms with van der Waals surface area (Å²) in [6.45, 7) is 1.48. The van der Waals surface area contributed by atoms with E-state index in [4.69, 9.17) is 0 Å². The van der Waals surface area contributed by atoms with Gasteiger partial charge < -0.3 is 9.80 Å². The molecule has 2 aromatic heterocycles. The normalized spacial score (nSPS) is 14.8. The van der Waals surface area contributed by atoms with Crippen molar-refractivity contribution < 1.29 is 18.0 Å². The fourth-order valence-electron chi connectivity index (χ4n) is 4.16. The quantitative estimate of drug-likeness (QED) is 0.434. The van der Waals surface area contributed by atoms with E-state index in [9.17, 15) is 22.8 Å². The summed E-state index contributed by atoms with van der Waals surface area (Å²) in [5, 5.41) is 0.467. The summed E-state index contributed by atoms with van der Waals surface area (Å²) in [4.78, 5) is 34.2. The molecule has 9 heteroatoms. The van der Waals surface area contributed by atoms with Crippen LogP contribution in [0.5, 0.6) is 0 Å². The van der Waals surface area contributed by atoms with E-state index in [1.165, 1.54) is 10.5 Å². The van der Waals surface area contributed by atoms with Gasteiger partial charge in [0.2, 0.25) is 0 Å². The van der Waals surface area contributed by atoms with Crippen molar-refractivity contribution in [2.45, 2.75) is 6.18 Å². The molecule has 1 aliphatic rings. The van der Waals surface area contributed by atoms with Crippen LogP contribution in [0.3, 0.4) is 0 Å². The Labute approximate surface area is 186 Å². The van der Waals surface area contributed by atoms with Crippen molar-refractivity contribution in [1.82, 2.24) is 14.3 Å². The molecule has 0 atom stereocenters. The minimum absolute atomic E-state index is 0.250. The Bertz CT molecular complexity index is 1420. The standard InChI is InChI=1S/C24H19F3N4O2/c25-24(26,27)16-5-3-6-17(15-16)29-11-13-30(14-12-29)22(32)19-8-4-10-31-21(19)28-20-9-2-1-7-18(20)23(31)33/h1-10,15H,11-14H2. The van der Waals surface area contributed by atoms with Crippen LogP contribution in [0.25, 0.3) is 16.6 Å². The summed E-state index contributed by atoms with van der Waals surface area (Å²) in [7, 11) is 0. The molecule has 33 heavy (non-hydrogen) atoms. The van der Waals surface area contributed by atoms with Crippen molar-refractivity contribution in [2.24, 2.45) is 0 Å². The SMILES string of the molecule is O=C(c1cccn2c(=O)c3ccccc3nc12)N1CCN(c2cccc(C(F)(F)F)c2)CC1. The lowest BCUT2D eigenvalue weighted by atomic mass is 10.1. The number of benzene rings is 2. The zero-order valence-corrected chi connectivity index (χ0v) is 17.4. The maximum absolute atomic E-state index is 13.3. The van der Waals surface area contributed by atoms with Crippen LogP contribution in [0, 0.1) is 0 Å². The molecule has 3 heterocycles. The predicted molar refractivity (Wildman–Crippen MR) is 119 cm³/mol. The number of fused-ring (bicyclic) bond motifs is 2. The second-order valence-electron chi connectivity index (χ2n) is 7.88. The van der Waals surface area contributed by atoms with Gasteiger partial charge in [-0.15, -0.1) is 0 Å². The lowest BCUT2D eigenvalue weighted by Gasteiger charge is -2.36. The van der Waals surface area contributed by atoms with Gasteiger partial charge in [0, 0.05) is 38.1 Å². The molecule has 0 aliphatic carbocycles. The summed E-state index contributed by atoms with van der Waals surface area (Å²) in [6.07, 6.45) is -2.82. The molecule has 1 saturated heterocycles. The van der Waals surface area contributed by atoms with E-state index in [1.54, 1.807) is 53.6 Å². The average Bonchev–Trinajstić information content (AvgIpc) is 2.83. The molecule has 0 spiro atoms. The van der Waals surface area contributed by atoms with E-state index in [1.807, 2.05) is 4.90 Å².